The average Bonchev–Trinajstić information content (AvgIpc) is 3.42. The first-order valence-electron chi connectivity index (χ1n) is 11.3. The largest absolute Gasteiger partial charge is 0.493 e. The Morgan fingerprint density at radius 2 is 1.76 bits per heavy atom. The molecule has 4 aromatic rings. The van der Waals surface area contributed by atoms with Crippen LogP contribution >= 0.6 is 22.9 Å². The van der Waals surface area contributed by atoms with Crippen molar-refractivity contribution in [1.29, 1.82) is 0 Å². The molecule has 0 saturated carbocycles. The summed E-state index contributed by atoms with van der Waals surface area (Å²) in [6.07, 6.45) is 1.73. The number of benzene rings is 3. The van der Waals surface area contributed by atoms with Crippen molar-refractivity contribution in [2.75, 3.05) is 12.4 Å². The highest BCUT2D eigenvalue weighted by Gasteiger charge is 2.15. The van der Waals surface area contributed by atoms with Crippen LogP contribution in [0, 0.1) is 0 Å². The normalized spacial score (nSPS) is 10.7. The number of ether oxygens (including phenoxy) is 2. The van der Waals surface area contributed by atoms with Gasteiger partial charge in [-0.15, -0.1) is 11.3 Å². The van der Waals surface area contributed by atoms with Crippen molar-refractivity contribution < 1.29 is 23.9 Å². The lowest BCUT2D eigenvalue weighted by molar-refractivity contribution is -0.115. The molecule has 38 heavy (non-hydrogen) atoms. The molecule has 0 bridgehead atoms. The maximum Gasteiger partial charge on any atom is 0.345 e. The fourth-order valence-corrected chi connectivity index (χ4v) is 4.26. The van der Waals surface area contributed by atoms with E-state index in [1.54, 1.807) is 66.7 Å². The van der Waals surface area contributed by atoms with Crippen LogP contribution < -0.4 is 20.2 Å². The smallest absolute Gasteiger partial charge is 0.345 e. The first-order valence-corrected chi connectivity index (χ1v) is 12.6. The summed E-state index contributed by atoms with van der Waals surface area (Å²) in [5, 5.41) is 8.99. The molecule has 3 aromatic carbocycles. The number of hydrogen-bond acceptors (Lipinski definition) is 7. The molecule has 192 valence electrons. The van der Waals surface area contributed by atoms with E-state index in [1.807, 2.05) is 17.5 Å². The van der Waals surface area contributed by atoms with Crippen LogP contribution in [0.4, 0.5) is 5.69 Å². The zero-order valence-corrected chi connectivity index (χ0v) is 21.7. The molecule has 4 rings (SSSR count). The molecule has 0 spiro atoms. The van der Waals surface area contributed by atoms with Gasteiger partial charge in [-0.2, -0.15) is 5.10 Å². The molecule has 0 aliphatic rings. The number of halogens is 1. The molecule has 0 radical (unpaired) electrons. The van der Waals surface area contributed by atoms with Gasteiger partial charge in [0.1, 0.15) is 0 Å². The second kappa shape index (κ2) is 12.7. The Balaban J connectivity index is 1.32. The van der Waals surface area contributed by atoms with Crippen molar-refractivity contribution in [2.24, 2.45) is 5.10 Å². The first kappa shape index (κ1) is 26.6. The second-order valence-corrected chi connectivity index (χ2v) is 9.30. The highest BCUT2D eigenvalue weighted by atomic mass is 35.5. The molecule has 1 aromatic heterocycles. The molecule has 2 N–H and O–H groups in total. The molecule has 8 nitrogen and oxygen atoms in total. The van der Waals surface area contributed by atoms with E-state index >= 15 is 0 Å². The molecule has 0 unspecified atom stereocenters. The van der Waals surface area contributed by atoms with Gasteiger partial charge in [0.25, 0.3) is 5.91 Å². The van der Waals surface area contributed by atoms with Gasteiger partial charge in [0.15, 0.2) is 11.5 Å². The van der Waals surface area contributed by atoms with E-state index in [1.165, 1.54) is 24.7 Å². The van der Waals surface area contributed by atoms with E-state index < -0.39 is 11.9 Å². The summed E-state index contributed by atoms with van der Waals surface area (Å²) in [6, 6.07) is 21.7. The Morgan fingerprint density at radius 1 is 0.974 bits per heavy atom. The summed E-state index contributed by atoms with van der Waals surface area (Å²) in [5.74, 6) is -0.654. The molecule has 1 heterocycles. The van der Waals surface area contributed by atoms with Gasteiger partial charge in [-0.25, -0.2) is 10.2 Å². The molecule has 0 aliphatic heterocycles. The lowest BCUT2D eigenvalue weighted by atomic mass is 10.2. The van der Waals surface area contributed by atoms with E-state index in [9.17, 15) is 14.4 Å². The van der Waals surface area contributed by atoms with Gasteiger partial charge < -0.3 is 14.8 Å². The number of amides is 2. The van der Waals surface area contributed by atoms with Gasteiger partial charge in [-0.1, -0.05) is 29.8 Å². The lowest BCUT2D eigenvalue weighted by Crippen LogP contribution is -2.18. The lowest BCUT2D eigenvalue weighted by Gasteiger charge is -2.10. The Labute approximate surface area is 227 Å². The zero-order valence-electron chi connectivity index (χ0n) is 20.1. The highest BCUT2D eigenvalue weighted by molar-refractivity contribution is 7.10. The van der Waals surface area contributed by atoms with Crippen molar-refractivity contribution in [1.82, 2.24) is 5.43 Å². The number of thiophene rings is 1. The molecular weight excluding hydrogens is 526 g/mol. The van der Waals surface area contributed by atoms with Gasteiger partial charge in [-0.3, -0.25) is 9.59 Å². The fraction of sp³-hybridized carbons (Fsp3) is 0.0714. The third-order valence-corrected chi connectivity index (χ3v) is 6.42. The number of esters is 1. The van der Waals surface area contributed by atoms with Crippen LogP contribution in [0.1, 0.15) is 31.2 Å². The van der Waals surface area contributed by atoms with Gasteiger partial charge in [-0.05, 0) is 71.6 Å². The van der Waals surface area contributed by atoms with E-state index in [2.05, 4.69) is 15.8 Å². The summed E-state index contributed by atoms with van der Waals surface area (Å²) in [4.78, 5) is 38.0. The summed E-state index contributed by atoms with van der Waals surface area (Å²) in [6.45, 7) is 0. The van der Waals surface area contributed by atoms with E-state index in [0.717, 1.165) is 4.88 Å². The number of rotatable bonds is 9. The van der Waals surface area contributed by atoms with Gasteiger partial charge in [0.05, 0.1) is 30.3 Å². The SMILES string of the molecule is COc1cc(/C=N\NC(=O)c2ccc(NC(=O)Cc3cccs3)cc2)ccc1OC(=O)c1ccccc1Cl. The van der Waals surface area contributed by atoms with Crippen LogP contribution in [0.3, 0.4) is 0 Å². The highest BCUT2D eigenvalue weighted by Crippen LogP contribution is 2.29. The number of hydrogen-bond donors (Lipinski definition) is 2. The number of methoxy groups -OCH3 is 1. The molecule has 0 saturated heterocycles. The maximum atomic E-state index is 12.5. The van der Waals surface area contributed by atoms with Gasteiger partial charge >= 0.3 is 5.97 Å². The van der Waals surface area contributed by atoms with Gasteiger partial charge in [0.2, 0.25) is 5.91 Å². The Kier molecular flexibility index (Phi) is 8.86. The van der Waals surface area contributed by atoms with Crippen molar-refractivity contribution >= 4 is 52.6 Å². The minimum absolute atomic E-state index is 0.130. The predicted octanol–water partition coefficient (Wildman–Crippen LogP) is 5.57. The summed E-state index contributed by atoms with van der Waals surface area (Å²) in [7, 11) is 1.44. The van der Waals surface area contributed by atoms with Crippen LogP contribution in [-0.2, 0) is 11.2 Å². The minimum atomic E-state index is -0.615. The standard InChI is InChI=1S/C28H22ClN3O5S/c1-36-25-15-18(8-13-24(25)37-28(35)22-6-2-3-7-23(22)29)17-30-32-27(34)19-9-11-20(12-10-19)31-26(33)16-21-5-4-14-38-21/h2-15,17H,16H2,1H3,(H,31,33)(H,32,34)/b30-17-. The maximum absolute atomic E-state index is 12.5. The van der Waals surface area contributed by atoms with Crippen LogP contribution in [-0.4, -0.2) is 31.1 Å². The predicted molar refractivity (Wildman–Crippen MR) is 148 cm³/mol. The summed E-state index contributed by atoms with van der Waals surface area (Å²) >= 11 is 7.58. The molecule has 0 fully saturated rings. The number of nitrogens with zero attached hydrogens (tertiary/aromatic N) is 1. The van der Waals surface area contributed by atoms with Crippen LogP contribution in [0.2, 0.25) is 5.02 Å². The number of hydrazone groups is 1. The van der Waals surface area contributed by atoms with Crippen LogP contribution in [0.15, 0.2) is 89.3 Å². The number of nitrogens with one attached hydrogen (secondary N) is 2. The molecule has 0 aliphatic carbocycles. The summed E-state index contributed by atoms with van der Waals surface area (Å²) in [5.41, 5.74) is 4.25. The number of carbonyl (C=O) groups excluding carboxylic acids is 3. The van der Waals surface area contributed by atoms with E-state index in [4.69, 9.17) is 21.1 Å². The molecular formula is C28H22ClN3O5S. The van der Waals surface area contributed by atoms with Crippen LogP contribution in [0.25, 0.3) is 0 Å². The number of carbonyl (C=O) groups is 3. The van der Waals surface area contributed by atoms with Gasteiger partial charge in [0, 0.05) is 16.1 Å². The Morgan fingerprint density at radius 3 is 2.47 bits per heavy atom. The fourth-order valence-electron chi connectivity index (χ4n) is 3.34. The minimum Gasteiger partial charge on any atom is -0.493 e. The molecule has 2 amide bonds. The quantitative estimate of drug-likeness (QED) is 0.123. The third kappa shape index (κ3) is 7.06. The summed E-state index contributed by atoms with van der Waals surface area (Å²) < 4.78 is 10.8. The van der Waals surface area contributed by atoms with Crippen molar-refractivity contribution in [3.63, 3.8) is 0 Å². The molecule has 10 heteroatoms. The monoisotopic (exact) mass is 547 g/mol. The second-order valence-electron chi connectivity index (χ2n) is 7.86. The third-order valence-electron chi connectivity index (χ3n) is 5.21. The number of anilines is 1. The zero-order chi connectivity index (χ0) is 26.9. The Bertz CT molecular complexity index is 1470. The average molecular weight is 548 g/mol. The van der Waals surface area contributed by atoms with Crippen molar-refractivity contribution in [3.05, 3.63) is 111 Å². The van der Waals surface area contributed by atoms with E-state index in [-0.39, 0.29) is 22.2 Å². The van der Waals surface area contributed by atoms with Crippen molar-refractivity contribution in [3.8, 4) is 11.5 Å². The topological polar surface area (TPSA) is 106 Å². The van der Waals surface area contributed by atoms with Crippen LogP contribution in [0.5, 0.6) is 11.5 Å². The first-order chi connectivity index (χ1) is 18.4. The van der Waals surface area contributed by atoms with E-state index in [0.29, 0.717) is 29.0 Å². The van der Waals surface area contributed by atoms with Crippen molar-refractivity contribution in [2.45, 2.75) is 6.42 Å². The molecule has 0 atom stereocenters. The Hall–Kier alpha value is -4.47.